The maximum Gasteiger partial charge on any atom is 0.159 e. The largest absolute Gasteiger partial charge is 0.344 e. The van der Waals surface area contributed by atoms with Gasteiger partial charge in [0.15, 0.2) is 5.84 Å². The summed E-state index contributed by atoms with van der Waals surface area (Å²) in [6.07, 6.45) is -0.331. The van der Waals surface area contributed by atoms with Crippen molar-refractivity contribution >= 4 is 65.8 Å². The molecule has 11 rings (SSSR count). The highest BCUT2D eigenvalue weighted by Gasteiger charge is 2.23. The molecule has 9 aromatic carbocycles. The van der Waals surface area contributed by atoms with Crippen molar-refractivity contribution < 1.29 is 0 Å². The van der Waals surface area contributed by atoms with Crippen molar-refractivity contribution in [2.45, 2.75) is 6.17 Å². The number of hydrogen-bond acceptors (Lipinski definition) is 3. The molecule has 0 bridgehead atoms. The molecule has 258 valence electrons. The summed E-state index contributed by atoms with van der Waals surface area (Å²) >= 11 is 0. The first-order valence-electron chi connectivity index (χ1n) is 18.8. The van der Waals surface area contributed by atoms with Crippen LogP contribution in [0.5, 0.6) is 0 Å². The molecular weight excluding hydrogens is 669 g/mol. The molecule has 0 saturated heterocycles. The van der Waals surface area contributed by atoms with Crippen LogP contribution in [0.4, 0.5) is 0 Å². The molecule has 0 fully saturated rings. The van der Waals surface area contributed by atoms with Crippen LogP contribution in [-0.4, -0.2) is 16.2 Å². The molecule has 4 nitrogen and oxygen atoms in total. The third-order valence-electron chi connectivity index (χ3n) is 11.0. The van der Waals surface area contributed by atoms with Crippen LogP contribution in [0.2, 0.25) is 0 Å². The van der Waals surface area contributed by atoms with Crippen LogP contribution in [0.25, 0.3) is 70.9 Å². The maximum atomic E-state index is 5.24. The van der Waals surface area contributed by atoms with E-state index < -0.39 is 0 Å². The van der Waals surface area contributed by atoms with Gasteiger partial charge in [-0.15, -0.1) is 0 Å². The first kappa shape index (κ1) is 31.2. The number of hydrogen-bond donors (Lipinski definition) is 1. The molecule has 0 spiro atoms. The van der Waals surface area contributed by atoms with Gasteiger partial charge in [0.2, 0.25) is 0 Å². The van der Waals surface area contributed by atoms with Crippen LogP contribution < -0.4 is 5.32 Å². The number of nitrogens with one attached hydrogen (secondary N) is 1. The number of aromatic nitrogens is 1. The second-order valence-corrected chi connectivity index (χ2v) is 14.3. The van der Waals surface area contributed by atoms with E-state index in [0.29, 0.717) is 5.84 Å². The molecule has 10 aromatic rings. The highest BCUT2D eigenvalue weighted by Crippen LogP contribution is 2.40. The summed E-state index contributed by atoms with van der Waals surface area (Å²) in [6.45, 7) is 0. The average Bonchev–Trinajstić information content (AvgIpc) is 3.62. The smallest absolute Gasteiger partial charge is 0.159 e. The summed E-state index contributed by atoms with van der Waals surface area (Å²) in [5.41, 5.74) is 8.92. The molecule has 0 saturated carbocycles. The summed E-state index contributed by atoms with van der Waals surface area (Å²) in [7, 11) is 0. The van der Waals surface area contributed by atoms with Gasteiger partial charge in [-0.2, -0.15) is 0 Å². The lowest BCUT2D eigenvalue weighted by Gasteiger charge is -2.24. The van der Waals surface area contributed by atoms with E-state index in [9.17, 15) is 0 Å². The summed E-state index contributed by atoms with van der Waals surface area (Å²) in [5.74, 6) is 1.51. The lowest BCUT2D eigenvalue weighted by molar-refractivity contribution is 0.674. The van der Waals surface area contributed by atoms with Crippen molar-refractivity contribution in [3.8, 4) is 16.8 Å². The average molecular weight is 703 g/mol. The zero-order valence-electron chi connectivity index (χ0n) is 29.9. The van der Waals surface area contributed by atoms with Crippen molar-refractivity contribution in [3.05, 3.63) is 211 Å². The van der Waals surface area contributed by atoms with Crippen molar-refractivity contribution in [1.29, 1.82) is 0 Å². The molecule has 0 aliphatic carbocycles. The molecule has 1 aliphatic heterocycles. The van der Waals surface area contributed by atoms with Crippen LogP contribution in [0.15, 0.2) is 204 Å². The minimum atomic E-state index is -0.331. The van der Waals surface area contributed by atoms with Gasteiger partial charge >= 0.3 is 0 Å². The fourth-order valence-electron chi connectivity index (χ4n) is 8.31. The molecule has 1 aliphatic rings. The summed E-state index contributed by atoms with van der Waals surface area (Å²) in [5, 5.41) is 13.6. The Hall–Kier alpha value is -7.30. The highest BCUT2D eigenvalue weighted by molar-refractivity contribution is 6.28. The fraction of sp³-hybridized carbons (Fsp3) is 0.0196. The van der Waals surface area contributed by atoms with E-state index in [4.69, 9.17) is 9.98 Å². The molecule has 1 unspecified atom stereocenters. The highest BCUT2D eigenvalue weighted by atomic mass is 15.2. The number of nitrogens with zero attached hydrogens (tertiary/aromatic N) is 3. The predicted molar refractivity (Wildman–Crippen MR) is 231 cm³/mol. The molecule has 1 aromatic heterocycles. The third-order valence-corrected chi connectivity index (χ3v) is 11.0. The van der Waals surface area contributed by atoms with Crippen LogP contribution in [-0.2, 0) is 0 Å². The van der Waals surface area contributed by atoms with Gasteiger partial charge < -0.3 is 9.88 Å². The van der Waals surface area contributed by atoms with E-state index >= 15 is 0 Å². The lowest BCUT2D eigenvalue weighted by Crippen LogP contribution is -2.33. The van der Waals surface area contributed by atoms with E-state index in [1.807, 2.05) is 6.07 Å². The lowest BCUT2D eigenvalue weighted by atomic mass is 10.00. The Balaban J connectivity index is 1.02. The summed E-state index contributed by atoms with van der Waals surface area (Å²) in [4.78, 5) is 10.4. The fourth-order valence-corrected chi connectivity index (χ4v) is 8.31. The van der Waals surface area contributed by atoms with Crippen LogP contribution >= 0.6 is 0 Å². The van der Waals surface area contributed by atoms with Gasteiger partial charge in [0, 0.05) is 27.6 Å². The first-order chi connectivity index (χ1) is 27.2. The Morgan fingerprint density at radius 2 is 0.945 bits per heavy atom. The van der Waals surface area contributed by atoms with Gasteiger partial charge in [-0.3, -0.25) is 0 Å². The zero-order valence-corrected chi connectivity index (χ0v) is 29.9. The van der Waals surface area contributed by atoms with Gasteiger partial charge in [-0.1, -0.05) is 164 Å². The minimum absolute atomic E-state index is 0.331. The summed E-state index contributed by atoms with van der Waals surface area (Å²) < 4.78 is 2.41. The monoisotopic (exact) mass is 702 g/mol. The van der Waals surface area contributed by atoms with Crippen molar-refractivity contribution in [3.63, 3.8) is 0 Å². The molecule has 0 amide bonds. The number of rotatable bonds is 5. The Labute approximate surface area is 318 Å². The van der Waals surface area contributed by atoms with E-state index in [2.05, 4.69) is 198 Å². The van der Waals surface area contributed by atoms with E-state index in [-0.39, 0.29) is 6.17 Å². The van der Waals surface area contributed by atoms with Gasteiger partial charge in [-0.25, -0.2) is 9.98 Å². The van der Waals surface area contributed by atoms with Crippen LogP contribution in [0.1, 0.15) is 22.9 Å². The Morgan fingerprint density at radius 1 is 0.418 bits per heavy atom. The zero-order chi connectivity index (χ0) is 36.3. The predicted octanol–water partition coefficient (Wildman–Crippen LogP) is 12.4. The number of aliphatic imine (C=N–C) groups is 2. The quantitative estimate of drug-likeness (QED) is 0.191. The van der Waals surface area contributed by atoms with Crippen LogP contribution in [0.3, 0.4) is 0 Å². The van der Waals surface area contributed by atoms with E-state index in [1.54, 1.807) is 0 Å². The van der Waals surface area contributed by atoms with Gasteiger partial charge in [0.25, 0.3) is 0 Å². The SMILES string of the molecule is c1ccc(-c2ccc(C3=NC(c4ccc5ccccc5c4)=NC(c4ccc(-n5c6ccc7ccccc7c6c6c7ccccc7ccc65)cc4)N3)cc2)cc1. The topological polar surface area (TPSA) is 41.7 Å². The number of amidine groups is 2. The van der Waals surface area contributed by atoms with E-state index in [0.717, 1.165) is 33.6 Å². The van der Waals surface area contributed by atoms with Gasteiger partial charge in [-0.05, 0) is 79.3 Å². The Morgan fingerprint density at radius 3 is 1.62 bits per heavy atom. The standard InChI is InChI=1S/C51H34N4/c1-2-10-33(11-3-1)35-18-21-38(22-19-35)49-52-50(54-51(53-49)41-23-20-34-12-4-5-15-40(34)32-41)39-24-28-42(29-25-39)55-45-30-26-36-13-6-8-16-43(36)47(45)48-44-17-9-7-14-37(44)27-31-46(48)55/h1-32,50H,(H,52,53,54). The molecule has 4 heteroatoms. The second kappa shape index (κ2) is 12.7. The Kier molecular flexibility index (Phi) is 7.20. The molecule has 1 atom stereocenters. The van der Waals surface area contributed by atoms with Gasteiger partial charge in [0.1, 0.15) is 12.0 Å². The van der Waals surface area contributed by atoms with Crippen molar-refractivity contribution in [2.24, 2.45) is 9.98 Å². The normalized spacial score (nSPS) is 14.4. The van der Waals surface area contributed by atoms with Gasteiger partial charge in [0.05, 0.1) is 11.0 Å². The van der Waals surface area contributed by atoms with Crippen molar-refractivity contribution in [1.82, 2.24) is 9.88 Å². The first-order valence-corrected chi connectivity index (χ1v) is 18.8. The molecular formula is C51H34N4. The molecule has 2 heterocycles. The molecule has 0 radical (unpaired) electrons. The Bertz CT molecular complexity index is 3060. The van der Waals surface area contributed by atoms with Crippen molar-refractivity contribution in [2.75, 3.05) is 0 Å². The number of fused-ring (bicyclic) bond motifs is 8. The minimum Gasteiger partial charge on any atom is -0.344 e. The second-order valence-electron chi connectivity index (χ2n) is 14.3. The third kappa shape index (κ3) is 5.30. The number of benzene rings is 9. The maximum absolute atomic E-state index is 5.24. The summed E-state index contributed by atoms with van der Waals surface area (Å²) in [6, 6.07) is 69.3. The van der Waals surface area contributed by atoms with E-state index in [1.165, 1.54) is 59.9 Å². The molecule has 1 N–H and O–H groups in total. The van der Waals surface area contributed by atoms with Crippen LogP contribution in [0, 0.1) is 0 Å². The molecule has 55 heavy (non-hydrogen) atoms.